The fraction of sp³-hybridized carbons (Fsp3) is 0.348. The van der Waals surface area contributed by atoms with E-state index >= 15 is 0 Å². The summed E-state index contributed by atoms with van der Waals surface area (Å²) in [4.78, 5) is 80.4. The van der Waals surface area contributed by atoms with Gasteiger partial charge in [-0.2, -0.15) is 0 Å². The highest BCUT2D eigenvalue weighted by molar-refractivity contribution is 8.76. The predicted molar refractivity (Wildman–Crippen MR) is 254 cm³/mol. The molecular formula is C46H56N6O14S2. The van der Waals surface area contributed by atoms with Gasteiger partial charge in [0.25, 0.3) is 23.6 Å². The number of nitrogens with zero attached hydrogens (tertiary/aromatic N) is 2. The topological polar surface area (TPSA) is 319 Å². The van der Waals surface area contributed by atoms with Crippen LogP contribution in [-0.2, 0) is 9.59 Å². The molecule has 0 aliphatic carbocycles. The molecule has 0 fully saturated rings. The van der Waals surface area contributed by atoms with Crippen LogP contribution in [0.3, 0.4) is 0 Å². The molecule has 12 N–H and O–H groups in total. The van der Waals surface area contributed by atoms with Gasteiger partial charge in [0.15, 0.2) is 46.0 Å². The van der Waals surface area contributed by atoms with Crippen molar-refractivity contribution < 1.29 is 69.6 Å². The number of phenols is 8. The summed E-state index contributed by atoms with van der Waals surface area (Å²) < 4.78 is 0. The number of aromatic hydroxyl groups is 8. The number of nitrogens with one attached hydrogen (secondary N) is 4. The zero-order chi connectivity index (χ0) is 49.6. The first-order chi connectivity index (χ1) is 32.5. The summed E-state index contributed by atoms with van der Waals surface area (Å²) in [5.74, 6) is -4.64. The maximum atomic E-state index is 13.4. The molecular weight excluding hydrogens is 925 g/mol. The third-order valence-corrected chi connectivity index (χ3v) is 12.5. The number of hydrogen-bond donors (Lipinski definition) is 12. The smallest absolute Gasteiger partial charge is 0.251 e. The Morgan fingerprint density at radius 1 is 0.368 bits per heavy atom. The quantitative estimate of drug-likeness (QED) is 0.0230. The van der Waals surface area contributed by atoms with Crippen LogP contribution < -0.4 is 21.3 Å². The number of phenolic OH excluding ortho intramolecular Hbond substituents is 8. The van der Waals surface area contributed by atoms with E-state index in [1.54, 1.807) is 9.80 Å². The molecule has 68 heavy (non-hydrogen) atoms. The SMILES string of the molecule is O=C(NCCCN(CCCNC(=O)c1ccc(O)c(O)c1)C(=O)CCSSCCC(=O)N(CCCNC(=O)c1ccc(O)c(O)c1)CCCNC(=O)c1ccc(O)c(O)c1)c1ccc(O)c(O)c1. The van der Waals surface area contributed by atoms with Crippen LogP contribution in [0.2, 0.25) is 0 Å². The van der Waals surface area contributed by atoms with Crippen LogP contribution in [0.5, 0.6) is 46.0 Å². The van der Waals surface area contributed by atoms with E-state index in [0.29, 0.717) is 37.2 Å². The van der Waals surface area contributed by atoms with Gasteiger partial charge >= 0.3 is 0 Å². The van der Waals surface area contributed by atoms with Gasteiger partial charge in [0.05, 0.1) is 0 Å². The molecule has 0 saturated heterocycles. The van der Waals surface area contributed by atoms with E-state index in [0.717, 1.165) is 24.3 Å². The maximum Gasteiger partial charge on any atom is 0.251 e. The molecule has 0 aliphatic rings. The maximum absolute atomic E-state index is 13.4. The van der Waals surface area contributed by atoms with Gasteiger partial charge < -0.3 is 71.9 Å². The van der Waals surface area contributed by atoms with Gasteiger partial charge in [-0.15, -0.1) is 0 Å². The first-order valence-electron chi connectivity index (χ1n) is 21.5. The van der Waals surface area contributed by atoms with Gasteiger partial charge in [0.1, 0.15) is 0 Å². The first kappa shape index (κ1) is 53.4. The van der Waals surface area contributed by atoms with Crippen molar-refractivity contribution in [3.05, 3.63) is 95.1 Å². The van der Waals surface area contributed by atoms with Gasteiger partial charge in [0, 0.05) is 99.0 Å². The van der Waals surface area contributed by atoms with Crippen molar-refractivity contribution in [2.75, 3.05) is 63.9 Å². The van der Waals surface area contributed by atoms with E-state index in [-0.39, 0.29) is 122 Å². The summed E-state index contributed by atoms with van der Waals surface area (Å²) in [5.41, 5.74) is 0.565. The second-order valence-corrected chi connectivity index (χ2v) is 17.9. The number of benzene rings is 4. The van der Waals surface area contributed by atoms with E-state index in [4.69, 9.17) is 0 Å². The third kappa shape index (κ3) is 17.5. The predicted octanol–water partition coefficient (Wildman–Crippen LogP) is 3.73. The Bertz CT molecular complexity index is 2080. The Balaban J connectivity index is 1.24. The Kier molecular flexibility index (Phi) is 21.6. The summed E-state index contributed by atoms with van der Waals surface area (Å²) in [7, 11) is 2.82. The van der Waals surface area contributed by atoms with E-state index in [9.17, 15) is 69.6 Å². The molecule has 0 aromatic heterocycles. The van der Waals surface area contributed by atoms with Crippen molar-refractivity contribution in [1.29, 1.82) is 0 Å². The zero-order valence-electron chi connectivity index (χ0n) is 37.0. The summed E-state index contributed by atoms with van der Waals surface area (Å²) >= 11 is 0. The second kappa shape index (κ2) is 27.4. The van der Waals surface area contributed by atoms with Crippen LogP contribution in [0.1, 0.15) is 80.0 Å². The van der Waals surface area contributed by atoms with Gasteiger partial charge in [0.2, 0.25) is 11.8 Å². The lowest BCUT2D eigenvalue weighted by Gasteiger charge is -2.23. The Morgan fingerprint density at radius 2 is 0.603 bits per heavy atom. The molecule has 0 bridgehead atoms. The number of rotatable bonds is 27. The van der Waals surface area contributed by atoms with Gasteiger partial charge in [-0.05, 0) is 98.5 Å². The molecule has 6 amide bonds. The molecule has 0 heterocycles. The van der Waals surface area contributed by atoms with Crippen molar-refractivity contribution in [1.82, 2.24) is 31.1 Å². The molecule has 0 aliphatic heterocycles. The van der Waals surface area contributed by atoms with Crippen molar-refractivity contribution in [2.45, 2.75) is 38.5 Å². The van der Waals surface area contributed by atoms with E-state index in [2.05, 4.69) is 21.3 Å². The summed E-state index contributed by atoms with van der Waals surface area (Å²) in [5, 5.41) is 88.0. The molecule has 0 unspecified atom stereocenters. The molecule has 0 saturated carbocycles. The highest BCUT2D eigenvalue weighted by Gasteiger charge is 2.18. The van der Waals surface area contributed by atoms with Crippen LogP contribution in [0, 0.1) is 0 Å². The van der Waals surface area contributed by atoms with E-state index < -0.39 is 46.6 Å². The molecule has 20 nitrogen and oxygen atoms in total. The Hall–Kier alpha value is -7.20. The lowest BCUT2D eigenvalue weighted by atomic mass is 10.2. The molecule has 0 spiro atoms. The van der Waals surface area contributed by atoms with Crippen LogP contribution in [0.4, 0.5) is 0 Å². The Morgan fingerprint density at radius 3 is 0.824 bits per heavy atom. The first-order valence-corrected chi connectivity index (χ1v) is 24.0. The molecule has 4 rings (SSSR count). The van der Waals surface area contributed by atoms with Crippen LogP contribution in [-0.4, -0.2) is 150 Å². The van der Waals surface area contributed by atoms with E-state index in [1.807, 2.05) is 0 Å². The minimum absolute atomic E-state index is 0.141. The fourth-order valence-electron chi connectivity index (χ4n) is 6.37. The zero-order valence-corrected chi connectivity index (χ0v) is 38.6. The van der Waals surface area contributed by atoms with E-state index in [1.165, 1.54) is 70.1 Å². The summed E-state index contributed by atoms with van der Waals surface area (Å²) in [6, 6.07) is 14.8. The normalized spacial score (nSPS) is 10.8. The highest BCUT2D eigenvalue weighted by Crippen LogP contribution is 2.28. The van der Waals surface area contributed by atoms with Crippen molar-refractivity contribution in [3.63, 3.8) is 0 Å². The van der Waals surface area contributed by atoms with Gasteiger partial charge in [-0.3, -0.25) is 28.8 Å². The van der Waals surface area contributed by atoms with Crippen molar-refractivity contribution in [2.24, 2.45) is 0 Å². The molecule has 4 aromatic carbocycles. The van der Waals surface area contributed by atoms with Crippen molar-refractivity contribution in [3.8, 4) is 46.0 Å². The number of carbonyl (C=O) groups is 6. The van der Waals surface area contributed by atoms with Crippen LogP contribution in [0.15, 0.2) is 72.8 Å². The minimum atomic E-state index is -0.479. The highest BCUT2D eigenvalue weighted by atomic mass is 33.1. The van der Waals surface area contributed by atoms with Gasteiger partial charge in [-0.25, -0.2) is 0 Å². The lowest BCUT2D eigenvalue weighted by molar-refractivity contribution is -0.131. The average molecular weight is 981 g/mol. The summed E-state index contributed by atoms with van der Waals surface area (Å²) in [6.07, 6.45) is 1.83. The molecule has 0 atom stereocenters. The van der Waals surface area contributed by atoms with Gasteiger partial charge in [-0.1, -0.05) is 21.6 Å². The molecule has 0 radical (unpaired) electrons. The molecule has 22 heteroatoms. The van der Waals surface area contributed by atoms with Crippen LogP contribution in [0.25, 0.3) is 0 Å². The second-order valence-electron chi connectivity index (χ2n) is 15.2. The third-order valence-electron chi connectivity index (χ3n) is 10.1. The largest absolute Gasteiger partial charge is 0.504 e. The van der Waals surface area contributed by atoms with Crippen molar-refractivity contribution >= 4 is 57.0 Å². The standard InChI is InChI=1S/C46H56N6O14S2/c53-33-9-5-29(25-37(33)57)43(63)47-15-1-19-51(20-2-16-48-44(64)30-6-10-34(54)38(58)26-30)41(61)13-23-67-68-24-14-42(62)52(21-3-17-49-45(65)31-7-11-35(55)39(59)27-31)22-4-18-50-46(66)32-8-12-36(56)40(60)28-32/h5-12,25-28,53-60H,1-4,13-24H2,(H,47,63)(H,48,64)(H,49,65)(H,50,66). The fourth-order valence-corrected chi connectivity index (χ4v) is 8.33. The molecule has 366 valence electrons. The minimum Gasteiger partial charge on any atom is -0.504 e. The summed E-state index contributed by atoms with van der Waals surface area (Å²) in [6.45, 7) is 1.88. The number of amides is 6. The lowest BCUT2D eigenvalue weighted by Crippen LogP contribution is -2.37. The Labute approximate surface area is 399 Å². The molecule has 4 aromatic rings. The number of carbonyl (C=O) groups excluding carboxylic acids is 6. The number of hydrogen-bond acceptors (Lipinski definition) is 16. The average Bonchev–Trinajstić information content (AvgIpc) is 3.31. The monoisotopic (exact) mass is 980 g/mol. The van der Waals surface area contributed by atoms with Crippen LogP contribution >= 0.6 is 21.6 Å².